The Bertz CT molecular complexity index is 642. The number of benzene rings is 1. The van der Waals surface area contributed by atoms with Gasteiger partial charge in [0.2, 0.25) is 0 Å². The number of anilines is 2. The summed E-state index contributed by atoms with van der Waals surface area (Å²) < 4.78 is 5.70. The second-order valence-corrected chi connectivity index (χ2v) is 6.28. The summed E-state index contributed by atoms with van der Waals surface area (Å²) in [5, 5.41) is 3.31. The summed E-state index contributed by atoms with van der Waals surface area (Å²) in [4.78, 5) is 12.8. The van der Waals surface area contributed by atoms with Gasteiger partial charge >= 0.3 is 5.97 Å². The number of nitrogens with two attached hydrogens (primary N) is 1. The second kappa shape index (κ2) is 6.83. The Morgan fingerprint density at radius 2 is 2.19 bits per heavy atom. The van der Waals surface area contributed by atoms with E-state index in [1.165, 1.54) is 11.3 Å². The van der Waals surface area contributed by atoms with Crippen LogP contribution in [0.1, 0.15) is 35.1 Å². The topological polar surface area (TPSA) is 64.3 Å². The third-order valence-corrected chi connectivity index (χ3v) is 4.37. The van der Waals surface area contributed by atoms with Crippen LogP contribution in [0.2, 0.25) is 4.34 Å². The molecule has 0 aliphatic heterocycles. The average Bonchev–Trinajstić information content (AvgIpc) is 2.88. The summed E-state index contributed by atoms with van der Waals surface area (Å²) >= 11 is 7.46. The number of ether oxygens (including phenoxy) is 1. The van der Waals surface area contributed by atoms with Crippen LogP contribution in [-0.2, 0) is 4.74 Å². The Kier molecular flexibility index (Phi) is 5.09. The highest BCUT2D eigenvalue weighted by Gasteiger charge is 2.12. The maximum absolute atomic E-state index is 11.6. The average molecular weight is 325 g/mol. The lowest BCUT2D eigenvalue weighted by Gasteiger charge is -2.16. The van der Waals surface area contributed by atoms with Crippen LogP contribution < -0.4 is 11.1 Å². The van der Waals surface area contributed by atoms with Crippen LogP contribution in [0.4, 0.5) is 11.4 Å². The summed E-state index contributed by atoms with van der Waals surface area (Å²) in [6.07, 6.45) is 0. The van der Waals surface area contributed by atoms with Gasteiger partial charge in [-0.15, -0.1) is 11.3 Å². The van der Waals surface area contributed by atoms with Crippen molar-refractivity contribution in [3.05, 3.63) is 45.1 Å². The smallest absolute Gasteiger partial charge is 0.338 e. The summed E-state index contributed by atoms with van der Waals surface area (Å²) in [5.74, 6) is -0.367. The van der Waals surface area contributed by atoms with Crippen molar-refractivity contribution in [1.82, 2.24) is 0 Å². The number of halogens is 1. The lowest BCUT2D eigenvalue weighted by molar-refractivity contribution is 0.0526. The van der Waals surface area contributed by atoms with Crippen LogP contribution in [0.5, 0.6) is 0 Å². The number of esters is 1. The third-order valence-electron chi connectivity index (χ3n) is 2.96. The molecule has 1 unspecified atom stereocenters. The predicted octanol–water partition coefficient (Wildman–Crippen LogP) is 4.33. The van der Waals surface area contributed by atoms with Crippen molar-refractivity contribution in [2.24, 2.45) is 0 Å². The largest absolute Gasteiger partial charge is 0.462 e. The van der Waals surface area contributed by atoms with Gasteiger partial charge in [-0.05, 0) is 44.2 Å². The van der Waals surface area contributed by atoms with E-state index >= 15 is 0 Å². The zero-order valence-corrected chi connectivity index (χ0v) is 13.4. The van der Waals surface area contributed by atoms with E-state index < -0.39 is 0 Å². The van der Waals surface area contributed by atoms with Gasteiger partial charge in [0.25, 0.3) is 0 Å². The van der Waals surface area contributed by atoms with Crippen LogP contribution in [0.15, 0.2) is 30.3 Å². The van der Waals surface area contributed by atoms with Crippen LogP contribution in [0, 0.1) is 0 Å². The molecule has 1 atom stereocenters. The fourth-order valence-corrected chi connectivity index (χ4v) is 2.96. The molecule has 0 aliphatic rings. The molecule has 0 fully saturated rings. The first kappa shape index (κ1) is 15.7. The zero-order chi connectivity index (χ0) is 15.4. The molecule has 0 amide bonds. The van der Waals surface area contributed by atoms with E-state index in [2.05, 4.69) is 5.32 Å². The standard InChI is InChI=1S/C15H17ClN2O2S/c1-3-20-15(19)10-4-5-12(11(17)8-10)18-9(2)13-6-7-14(16)21-13/h4-9,18H,3,17H2,1-2H3. The maximum atomic E-state index is 11.6. The van der Waals surface area contributed by atoms with Crippen LogP contribution in [-0.4, -0.2) is 12.6 Å². The Morgan fingerprint density at radius 1 is 1.43 bits per heavy atom. The summed E-state index contributed by atoms with van der Waals surface area (Å²) in [6, 6.07) is 9.03. The molecule has 1 aromatic heterocycles. The van der Waals surface area contributed by atoms with Gasteiger partial charge in [0, 0.05) is 4.88 Å². The van der Waals surface area contributed by atoms with Gasteiger partial charge in [-0.3, -0.25) is 0 Å². The number of hydrogen-bond acceptors (Lipinski definition) is 5. The normalized spacial score (nSPS) is 12.0. The van der Waals surface area contributed by atoms with Crippen molar-refractivity contribution in [1.29, 1.82) is 0 Å². The molecule has 0 spiro atoms. The monoisotopic (exact) mass is 324 g/mol. The van der Waals surface area contributed by atoms with E-state index in [0.29, 0.717) is 17.9 Å². The minimum absolute atomic E-state index is 0.0817. The van der Waals surface area contributed by atoms with Gasteiger partial charge in [-0.2, -0.15) is 0 Å². The minimum Gasteiger partial charge on any atom is -0.462 e. The molecular formula is C15H17ClN2O2S. The van der Waals surface area contributed by atoms with Crippen LogP contribution in [0.25, 0.3) is 0 Å². The molecular weight excluding hydrogens is 308 g/mol. The van der Waals surface area contributed by atoms with Crippen molar-refractivity contribution >= 4 is 40.3 Å². The highest BCUT2D eigenvalue weighted by Crippen LogP contribution is 2.30. The number of carbonyl (C=O) groups excluding carboxylic acids is 1. The van der Waals surface area contributed by atoms with Gasteiger partial charge in [0.15, 0.2) is 0 Å². The molecule has 0 aliphatic carbocycles. The molecule has 21 heavy (non-hydrogen) atoms. The van der Waals surface area contributed by atoms with Gasteiger partial charge in [0.1, 0.15) is 0 Å². The number of nitrogen functional groups attached to an aromatic ring is 1. The molecule has 112 valence electrons. The van der Waals surface area contributed by atoms with E-state index in [4.69, 9.17) is 22.1 Å². The first-order valence-electron chi connectivity index (χ1n) is 6.59. The lowest BCUT2D eigenvalue weighted by atomic mass is 10.1. The molecule has 4 nitrogen and oxygen atoms in total. The third kappa shape index (κ3) is 3.89. The van der Waals surface area contributed by atoms with Gasteiger partial charge < -0.3 is 15.8 Å². The first-order chi connectivity index (χ1) is 10.0. The van der Waals surface area contributed by atoms with Crippen molar-refractivity contribution in [3.63, 3.8) is 0 Å². The minimum atomic E-state index is -0.367. The summed E-state index contributed by atoms with van der Waals surface area (Å²) in [5.41, 5.74) is 7.73. The number of thiophene rings is 1. The van der Waals surface area contributed by atoms with Gasteiger partial charge in [-0.1, -0.05) is 11.6 Å². The van der Waals surface area contributed by atoms with E-state index in [1.807, 2.05) is 19.1 Å². The van der Waals surface area contributed by atoms with Gasteiger partial charge in [0.05, 0.1) is 33.9 Å². The molecule has 2 aromatic rings. The van der Waals surface area contributed by atoms with E-state index in [-0.39, 0.29) is 12.0 Å². The predicted molar refractivity (Wildman–Crippen MR) is 88.2 cm³/mol. The fraction of sp³-hybridized carbons (Fsp3) is 0.267. The van der Waals surface area contributed by atoms with E-state index in [0.717, 1.165) is 14.9 Å². The highest BCUT2D eigenvalue weighted by atomic mass is 35.5. The molecule has 3 N–H and O–H groups in total. The Balaban J connectivity index is 2.12. The molecule has 2 rings (SSSR count). The molecule has 0 saturated heterocycles. The van der Waals surface area contributed by atoms with E-state index in [1.54, 1.807) is 25.1 Å². The zero-order valence-electron chi connectivity index (χ0n) is 11.9. The maximum Gasteiger partial charge on any atom is 0.338 e. The van der Waals surface area contributed by atoms with Crippen LogP contribution >= 0.6 is 22.9 Å². The number of hydrogen-bond donors (Lipinski definition) is 2. The summed E-state index contributed by atoms with van der Waals surface area (Å²) in [7, 11) is 0. The molecule has 1 aromatic carbocycles. The van der Waals surface area contributed by atoms with E-state index in [9.17, 15) is 4.79 Å². The fourth-order valence-electron chi connectivity index (χ4n) is 1.90. The lowest BCUT2D eigenvalue weighted by Crippen LogP contribution is -2.09. The SMILES string of the molecule is CCOC(=O)c1ccc(NC(C)c2ccc(Cl)s2)c(N)c1. The molecule has 0 radical (unpaired) electrons. The molecule has 0 bridgehead atoms. The Labute approximate surface area is 132 Å². The summed E-state index contributed by atoms with van der Waals surface area (Å²) in [6.45, 7) is 4.14. The van der Waals surface area contributed by atoms with Crippen molar-refractivity contribution in [2.45, 2.75) is 19.9 Å². The number of carbonyl (C=O) groups is 1. The van der Waals surface area contributed by atoms with Crippen molar-refractivity contribution in [2.75, 3.05) is 17.7 Å². The van der Waals surface area contributed by atoms with Gasteiger partial charge in [-0.25, -0.2) is 4.79 Å². The van der Waals surface area contributed by atoms with Crippen LogP contribution in [0.3, 0.4) is 0 Å². The highest BCUT2D eigenvalue weighted by molar-refractivity contribution is 7.16. The Hall–Kier alpha value is -1.72. The van der Waals surface area contributed by atoms with Crippen molar-refractivity contribution < 1.29 is 9.53 Å². The first-order valence-corrected chi connectivity index (χ1v) is 7.79. The Morgan fingerprint density at radius 3 is 2.76 bits per heavy atom. The molecule has 1 heterocycles. The second-order valence-electron chi connectivity index (χ2n) is 4.53. The quantitative estimate of drug-likeness (QED) is 0.634. The molecule has 0 saturated carbocycles. The number of nitrogens with one attached hydrogen (secondary N) is 1. The number of rotatable bonds is 5. The van der Waals surface area contributed by atoms with Crippen molar-refractivity contribution in [3.8, 4) is 0 Å². The molecule has 6 heteroatoms.